The summed E-state index contributed by atoms with van der Waals surface area (Å²) in [6.45, 7) is 10.3. The summed E-state index contributed by atoms with van der Waals surface area (Å²) in [6.07, 6.45) is 1.76. The van der Waals surface area contributed by atoms with Crippen LogP contribution in [0.2, 0.25) is 0 Å². The fourth-order valence-corrected chi connectivity index (χ4v) is 4.53. The molecule has 1 aromatic carbocycles. The van der Waals surface area contributed by atoms with Crippen LogP contribution >= 0.6 is 11.8 Å². The highest BCUT2D eigenvalue weighted by atomic mass is 32.2. The van der Waals surface area contributed by atoms with E-state index in [4.69, 9.17) is 0 Å². The Kier molecular flexibility index (Phi) is 4.73. The van der Waals surface area contributed by atoms with Gasteiger partial charge in [-0.25, -0.2) is 9.50 Å². The van der Waals surface area contributed by atoms with E-state index in [0.29, 0.717) is 10.9 Å². The first-order valence-electron chi connectivity index (χ1n) is 9.61. The monoisotopic (exact) mass is 407 g/mol. The quantitative estimate of drug-likeness (QED) is 0.481. The predicted octanol–water partition coefficient (Wildman–Crippen LogP) is 4.02. The van der Waals surface area contributed by atoms with Gasteiger partial charge in [0.05, 0.1) is 5.75 Å². The molecule has 0 spiro atoms. The average Bonchev–Trinajstić information content (AvgIpc) is 3.18. The van der Waals surface area contributed by atoms with Crippen molar-refractivity contribution in [3.8, 4) is 0 Å². The number of rotatable bonds is 4. The second-order valence-electron chi connectivity index (χ2n) is 8.00. The third kappa shape index (κ3) is 3.23. The van der Waals surface area contributed by atoms with Crippen LogP contribution in [-0.2, 0) is 10.2 Å². The molecule has 3 aromatic rings. The zero-order chi connectivity index (χ0) is 20.9. The van der Waals surface area contributed by atoms with Gasteiger partial charge in [0.1, 0.15) is 0 Å². The molecule has 2 aromatic heterocycles. The van der Waals surface area contributed by atoms with E-state index in [9.17, 15) is 4.79 Å². The number of para-hydroxylation sites is 1. The van der Waals surface area contributed by atoms with Crippen LogP contribution in [0, 0.1) is 20.8 Å². The zero-order valence-corrected chi connectivity index (χ0v) is 18.5. The van der Waals surface area contributed by atoms with Crippen molar-refractivity contribution in [1.82, 2.24) is 19.6 Å². The number of carbonyl (C=O) groups is 1. The molecule has 150 valence electrons. The van der Waals surface area contributed by atoms with Crippen molar-refractivity contribution in [2.75, 3.05) is 17.7 Å². The summed E-state index contributed by atoms with van der Waals surface area (Å²) in [5.74, 6) is 0.914. The molecule has 0 N–H and O–H groups in total. The van der Waals surface area contributed by atoms with Crippen molar-refractivity contribution >= 4 is 29.0 Å². The summed E-state index contributed by atoms with van der Waals surface area (Å²) in [4.78, 5) is 23.8. The fraction of sp³-hybridized carbons (Fsp3) is 0.364. The molecule has 29 heavy (non-hydrogen) atoms. The highest BCUT2D eigenvalue weighted by molar-refractivity contribution is 7.99. The summed E-state index contributed by atoms with van der Waals surface area (Å²) in [5, 5.41) is 5.09. The minimum atomic E-state index is -0.205. The molecule has 0 saturated carbocycles. The molecule has 0 bridgehead atoms. The number of anilines is 1. The van der Waals surface area contributed by atoms with Gasteiger partial charge >= 0.3 is 0 Å². The van der Waals surface area contributed by atoms with Crippen LogP contribution in [0.25, 0.3) is 5.78 Å². The molecular formula is C22H25N5OS. The molecule has 1 aliphatic heterocycles. The summed E-state index contributed by atoms with van der Waals surface area (Å²) in [7, 11) is 2.02. The number of aromatic nitrogens is 4. The van der Waals surface area contributed by atoms with Crippen molar-refractivity contribution < 1.29 is 4.79 Å². The number of thioether (sulfide) groups is 1. The van der Waals surface area contributed by atoms with Crippen LogP contribution in [-0.4, -0.2) is 38.2 Å². The first-order valence-corrected chi connectivity index (χ1v) is 10.6. The summed E-state index contributed by atoms with van der Waals surface area (Å²) in [6, 6.07) is 8.30. The van der Waals surface area contributed by atoms with E-state index < -0.39 is 0 Å². The van der Waals surface area contributed by atoms with Gasteiger partial charge < -0.3 is 4.90 Å². The zero-order valence-electron chi connectivity index (χ0n) is 17.6. The van der Waals surface area contributed by atoms with Crippen LogP contribution in [0.1, 0.15) is 36.4 Å². The minimum Gasteiger partial charge on any atom is -0.347 e. The van der Waals surface area contributed by atoms with Crippen molar-refractivity contribution in [3.05, 3.63) is 58.6 Å². The molecule has 0 radical (unpaired) electrons. The van der Waals surface area contributed by atoms with Gasteiger partial charge in [-0.1, -0.05) is 43.8 Å². The Morgan fingerprint density at radius 3 is 2.62 bits per heavy atom. The molecule has 1 aliphatic rings. The molecule has 3 heterocycles. The van der Waals surface area contributed by atoms with Gasteiger partial charge in [0.2, 0.25) is 5.16 Å². The van der Waals surface area contributed by atoms with Gasteiger partial charge in [0, 0.05) is 41.3 Å². The van der Waals surface area contributed by atoms with Gasteiger partial charge in [0.25, 0.3) is 5.78 Å². The standard InChI is InChI=1S/C22H25N5OS/c1-13-14(2)23-20-24-21(25-27(20)15(13)3)29-12-16(28)11-19-22(4,5)17-9-7-8-10-18(17)26(19)6/h7-11H,12H2,1-6H3. The summed E-state index contributed by atoms with van der Waals surface area (Å²) in [5.41, 5.74) is 6.27. The first-order chi connectivity index (χ1) is 13.7. The Balaban J connectivity index is 1.54. The van der Waals surface area contributed by atoms with Crippen LogP contribution in [0.3, 0.4) is 0 Å². The number of hydrogen-bond donors (Lipinski definition) is 0. The highest BCUT2D eigenvalue weighted by Gasteiger charge is 2.38. The molecule has 0 fully saturated rings. The number of likely N-dealkylation sites (N-methyl/N-ethyl adjacent to an activating group) is 1. The molecule has 0 unspecified atom stereocenters. The van der Waals surface area contributed by atoms with Gasteiger partial charge in [-0.15, -0.1) is 5.10 Å². The maximum Gasteiger partial charge on any atom is 0.253 e. The normalized spacial score (nSPS) is 16.6. The van der Waals surface area contributed by atoms with Gasteiger partial charge in [-0.2, -0.15) is 4.98 Å². The first kappa shape index (κ1) is 19.6. The molecule has 0 aliphatic carbocycles. The predicted molar refractivity (Wildman–Crippen MR) is 117 cm³/mol. The Morgan fingerprint density at radius 2 is 1.90 bits per heavy atom. The SMILES string of the molecule is Cc1nc2nc(SCC(=O)C=C3N(C)c4ccccc4C3(C)C)nn2c(C)c1C. The topological polar surface area (TPSA) is 63.4 Å². The average molecular weight is 408 g/mol. The molecule has 7 heteroatoms. The van der Waals surface area contributed by atoms with Crippen molar-refractivity contribution in [3.63, 3.8) is 0 Å². The number of aryl methyl sites for hydroxylation is 2. The lowest BCUT2D eigenvalue weighted by Gasteiger charge is -2.23. The van der Waals surface area contributed by atoms with E-state index in [0.717, 1.165) is 28.3 Å². The van der Waals surface area contributed by atoms with E-state index in [1.54, 1.807) is 10.6 Å². The maximum atomic E-state index is 12.7. The number of allylic oxidation sites excluding steroid dienone is 2. The Labute approximate surface area is 175 Å². The molecule has 0 amide bonds. The summed E-state index contributed by atoms with van der Waals surface area (Å²) >= 11 is 1.35. The number of fused-ring (bicyclic) bond motifs is 2. The van der Waals surface area contributed by atoms with E-state index in [-0.39, 0.29) is 17.0 Å². The smallest absolute Gasteiger partial charge is 0.253 e. The lowest BCUT2D eigenvalue weighted by Crippen LogP contribution is -2.24. The lowest BCUT2D eigenvalue weighted by atomic mass is 9.83. The number of ketones is 1. The molecule has 6 nitrogen and oxygen atoms in total. The number of benzene rings is 1. The van der Waals surface area contributed by atoms with Crippen LogP contribution in [0.4, 0.5) is 5.69 Å². The number of hydrogen-bond acceptors (Lipinski definition) is 6. The number of nitrogens with zero attached hydrogens (tertiary/aromatic N) is 5. The largest absolute Gasteiger partial charge is 0.347 e. The Hall–Kier alpha value is -2.67. The second-order valence-corrected chi connectivity index (χ2v) is 8.94. The lowest BCUT2D eigenvalue weighted by molar-refractivity contribution is -0.112. The van der Waals surface area contributed by atoms with Gasteiger partial charge in [-0.3, -0.25) is 4.79 Å². The third-order valence-corrected chi connectivity index (χ3v) is 6.68. The second kappa shape index (κ2) is 6.99. The van der Waals surface area contributed by atoms with Gasteiger partial charge in [0.15, 0.2) is 5.78 Å². The van der Waals surface area contributed by atoms with E-state index >= 15 is 0 Å². The summed E-state index contributed by atoms with van der Waals surface area (Å²) < 4.78 is 1.75. The third-order valence-electron chi connectivity index (χ3n) is 5.82. The van der Waals surface area contributed by atoms with Crippen molar-refractivity contribution in [2.24, 2.45) is 0 Å². The molecule has 4 rings (SSSR count). The van der Waals surface area contributed by atoms with E-state index in [1.807, 2.05) is 40.0 Å². The Morgan fingerprint density at radius 1 is 1.17 bits per heavy atom. The van der Waals surface area contributed by atoms with Crippen LogP contribution < -0.4 is 4.90 Å². The number of carbonyl (C=O) groups excluding carboxylic acids is 1. The molecular weight excluding hydrogens is 382 g/mol. The van der Waals surface area contributed by atoms with E-state index in [1.165, 1.54) is 17.3 Å². The van der Waals surface area contributed by atoms with Crippen molar-refractivity contribution in [1.29, 1.82) is 0 Å². The molecule has 0 atom stereocenters. The van der Waals surface area contributed by atoms with Crippen LogP contribution in [0.5, 0.6) is 0 Å². The van der Waals surface area contributed by atoms with E-state index in [2.05, 4.69) is 45.9 Å². The molecule has 0 saturated heterocycles. The van der Waals surface area contributed by atoms with Crippen LogP contribution in [0.15, 0.2) is 41.2 Å². The van der Waals surface area contributed by atoms with Crippen molar-refractivity contribution in [2.45, 2.75) is 45.2 Å². The maximum absolute atomic E-state index is 12.7. The minimum absolute atomic E-state index is 0.0497. The fourth-order valence-electron chi connectivity index (χ4n) is 3.89. The highest BCUT2D eigenvalue weighted by Crippen LogP contribution is 2.46. The Bertz CT molecular complexity index is 1160. The van der Waals surface area contributed by atoms with Gasteiger partial charge in [-0.05, 0) is 38.0 Å².